The van der Waals surface area contributed by atoms with Crippen LogP contribution in [0.25, 0.3) is 0 Å². The molecule has 0 aliphatic carbocycles. The summed E-state index contributed by atoms with van der Waals surface area (Å²) in [5, 5.41) is 9.84. The van der Waals surface area contributed by atoms with Crippen molar-refractivity contribution in [2.24, 2.45) is 5.41 Å². The van der Waals surface area contributed by atoms with E-state index >= 15 is 0 Å². The molecule has 2 aromatic rings. The minimum atomic E-state index is -1.05. The SMILES string of the molecule is CC(C)(O)C#Cc1cccc(C(=O)N2CCC3(CCCN(CCc4ccccc4)C3)C2)c1. The smallest absolute Gasteiger partial charge is 0.253 e. The average molecular weight is 431 g/mol. The number of aliphatic hydroxyl groups is 1. The van der Waals surface area contributed by atoms with Gasteiger partial charge < -0.3 is 14.9 Å². The molecule has 2 aliphatic rings. The second-order valence-electron chi connectivity index (χ2n) is 9.98. The standard InChI is InChI=1S/C28H34N2O2/c1-27(2,32)15-12-24-10-6-11-25(20-24)26(31)30-19-16-28(22-30)14-7-17-29(21-28)18-13-23-8-4-3-5-9-23/h3-6,8-11,20,32H,7,13-14,16-19,21-22H2,1-2H3. The van der Waals surface area contributed by atoms with Gasteiger partial charge in [-0.3, -0.25) is 4.79 Å². The number of piperidine rings is 1. The van der Waals surface area contributed by atoms with E-state index in [2.05, 4.69) is 47.1 Å². The highest BCUT2D eigenvalue weighted by atomic mass is 16.3. The molecule has 4 heteroatoms. The van der Waals surface area contributed by atoms with Crippen LogP contribution in [0.5, 0.6) is 0 Å². The van der Waals surface area contributed by atoms with Crippen LogP contribution in [0.3, 0.4) is 0 Å². The molecule has 2 saturated heterocycles. The van der Waals surface area contributed by atoms with Crippen LogP contribution in [-0.4, -0.2) is 59.1 Å². The maximum atomic E-state index is 13.2. The maximum Gasteiger partial charge on any atom is 0.253 e. The van der Waals surface area contributed by atoms with E-state index in [9.17, 15) is 9.90 Å². The van der Waals surface area contributed by atoms with Gasteiger partial charge in [0.15, 0.2) is 0 Å². The van der Waals surface area contributed by atoms with E-state index in [0.29, 0.717) is 5.56 Å². The van der Waals surface area contributed by atoms with E-state index in [-0.39, 0.29) is 11.3 Å². The lowest BCUT2D eigenvalue weighted by molar-refractivity contribution is 0.0692. The summed E-state index contributed by atoms with van der Waals surface area (Å²) in [6, 6.07) is 18.2. The van der Waals surface area contributed by atoms with Gasteiger partial charge in [0, 0.05) is 42.7 Å². The Morgan fingerprint density at radius 3 is 2.66 bits per heavy atom. The van der Waals surface area contributed by atoms with Gasteiger partial charge >= 0.3 is 0 Å². The lowest BCUT2D eigenvalue weighted by atomic mass is 9.79. The lowest BCUT2D eigenvalue weighted by Crippen LogP contribution is -2.46. The van der Waals surface area contributed by atoms with Gasteiger partial charge in [-0.25, -0.2) is 0 Å². The van der Waals surface area contributed by atoms with E-state index in [1.165, 1.54) is 18.4 Å². The fourth-order valence-electron chi connectivity index (χ4n) is 5.01. The van der Waals surface area contributed by atoms with Gasteiger partial charge in [0.1, 0.15) is 5.60 Å². The van der Waals surface area contributed by atoms with Crippen molar-refractivity contribution in [2.75, 3.05) is 32.7 Å². The van der Waals surface area contributed by atoms with Gasteiger partial charge in [0.25, 0.3) is 5.91 Å². The van der Waals surface area contributed by atoms with Gasteiger partial charge in [0.05, 0.1) is 0 Å². The van der Waals surface area contributed by atoms with Gasteiger partial charge in [-0.15, -0.1) is 0 Å². The number of hydrogen-bond acceptors (Lipinski definition) is 3. The van der Waals surface area contributed by atoms with Crippen LogP contribution in [0, 0.1) is 17.3 Å². The highest BCUT2D eigenvalue weighted by Gasteiger charge is 2.42. The Morgan fingerprint density at radius 2 is 1.88 bits per heavy atom. The lowest BCUT2D eigenvalue weighted by Gasteiger charge is -2.40. The van der Waals surface area contributed by atoms with Crippen molar-refractivity contribution < 1.29 is 9.90 Å². The van der Waals surface area contributed by atoms with E-state index in [4.69, 9.17) is 0 Å². The first kappa shape index (κ1) is 22.6. The second kappa shape index (κ2) is 9.48. The fraction of sp³-hybridized carbons (Fsp3) is 0.464. The highest BCUT2D eigenvalue weighted by Crippen LogP contribution is 2.39. The highest BCUT2D eigenvalue weighted by molar-refractivity contribution is 5.94. The molecule has 2 heterocycles. The molecule has 1 atom stereocenters. The molecular formula is C28H34N2O2. The molecule has 4 rings (SSSR count). The first-order valence-electron chi connectivity index (χ1n) is 11.7. The minimum absolute atomic E-state index is 0.0928. The van der Waals surface area contributed by atoms with Crippen LogP contribution in [-0.2, 0) is 6.42 Å². The van der Waals surface area contributed by atoms with Crippen molar-refractivity contribution >= 4 is 5.91 Å². The van der Waals surface area contributed by atoms with Crippen LogP contribution in [0.15, 0.2) is 54.6 Å². The van der Waals surface area contributed by atoms with E-state index in [1.54, 1.807) is 13.8 Å². The van der Waals surface area contributed by atoms with Crippen molar-refractivity contribution in [3.8, 4) is 11.8 Å². The number of benzene rings is 2. The summed E-state index contributed by atoms with van der Waals surface area (Å²) in [6.45, 7) is 8.31. The normalized spacial score (nSPS) is 21.4. The summed E-state index contributed by atoms with van der Waals surface area (Å²) >= 11 is 0. The first-order valence-corrected chi connectivity index (χ1v) is 11.7. The third kappa shape index (κ3) is 5.79. The van der Waals surface area contributed by atoms with Crippen molar-refractivity contribution in [3.63, 3.8) is 0 Å². The van der Waals surface area contributed by atoms with Crippen LogP contribution < -0.4 is 0 Å². The third-order valence-corrected chi connectivity index (χ3v) is 6.65. The predicted molar refractivity (Wildman–Crippen MR) is 128 cm³/mol. The first-order chi connectivity index (χ1) is 15.3. The van der Waals surface area contributed by atoms with E-state index in [0.717, 1.165) is 51.1 Å². The Labute approximate surface area is 192 Å². The van der Waals surface area contributed by atoms with Gasteiger partial charge in [-0.05, 0) is 69.8 Å². The molecule has 1 unspecified atom stereocenters. The molecule has 2 aromatic carbocycles. The summed E-state index contributed by atoms with van der Waals surface area (Å²) < 4.78 is 0. The summed E-state index contributed by atoms with van der Waals surface area (Å²) in [7, 11) is 0. The third-order valence-electron chi connectivity index (χ3n) is 6.65. The summed E-state index contributed by atoms with van der Waals surface area (Å²) in [5.74, 6) is 5.90. The largest absolute Gasteiger partial charge is 0.378 e. The maximum absolute atomic E-state index is 13.2. The molecule has 32 heavy (non-hydrogen) atoms. The van der Waals surface area contributed by atoms with Gasteiger partial charge in [-0.2, -0.15) is 0 Å². The quantitative estimate of drug-likeness (QED) is 0.747. The van der Waals surface area contributed by atoms with E-state index in [1.807, 2.05) is 29.2 Å². The Hall–Kier alpha value is -2.61. The Bertz CT molecular complexity index is 999. The molecule has 1 amide bonds. The number of hydrogen-bond donors (Lipinski definition) is 1. The van der Waals surface area contributed by atoms with Crippen LogP contribution >= 0.6 is 0 Å². The van der Waals surface area contributed by atoms with Crippen LogP contribution in [0.2, 0.25) is 0 Å². The molecule has 2 aliphatic heterocycles. The van der Waals surface area contributed by atoms with E-state index < -0.39 is 5.60 Å². The Morgan fingerprint density at radius 1 is 1.06 bits per heavy atom. The number of carbonyl (C=O) groups excluding carboxylic acids is 1. The topological polar surface area (TPSA) is 43.8 Å². The second-order valence-corrected chi connectivity index (χ2v) is 9.98. The molecule has 1 spiro atoms. The van der Waals surface area contributed by atoms with Gasteiger partial charge in [0.2, 0.25) is 0 Å². The number of amides is 1. The van der Waals surface area contributed by atoms with Crippen LogP contribution in [0.4, 0.5) is 0 Å². The predicted octanol–water partition coefficient (Wildman–Crippen LogP) is 3.98. The summed E-state index contributed by atoms with van der Waals surface area (Å²) in [4.78, 5) is 17.9. The Balaban J connectivity index is 1.38. The molecule has 4 nitrogen and oxygen atoms in total. The summed E-state index contributed by atoms with van der Waals surface area (Å²) in [5.41, 5.74) is 2.01. The molecular weight excluding hydrogens is 396 g/mol. The number of nitrogens with zero attached hydrogens (tertiary/aromatic N) is 2. The zero-order chi connectivity index (χ0) is 22.6. The molecule has 0 bridgehead atoms. The number of carbonyl (C=O) groups is 1. The average Bonchev–Trinajstić information content (AvgIpc) is 3.19. The monoisotopic (exact) mass is 430 g/mol. The fourth-order valence-corrected chi connectivity index (χ4v) is 5.01. The number of rotatable bonds is 4. The minimum Gasteiger partial charge on any atom is -0.378 e. The molecule has 168 valence electrons. The molecule has 2 fully saturated rings. The summed E-state index contributed by atoms with van der Waals surface area (Å²) in [6.07, 6.45) is 4.57. The molecule has 0 radical (unpaired) electrons. The van der Waals surface area contributed by atoms with Gasteiger partial charge in [-0.1, -0.05) is 48.2 Å². The molecule has 1 N–H and O–H groups in total. The molecule has 0 aromatic heterocycles. The van der Waals surface area contributed by atoms with Crippen molar-refractivity contribution in [2.45, 2.75) is 45.1 Å². The zero-order valence-electron chi connectivity index (χ0n) is 19.3. The molecule has 0 saturated carbocycles. The zero-order valence-corrected chi connectivity index (χ0v) is 19.3. The van der Waals surface area contributed by atoms with Crippen molar-refractivity contribution in [1.29, 1.82) is 0 Å². The van der Waals surface area contributed by atoms with Crippen LogP contribution in [0.1, 0.15) is 54.6 Å². The Kier molecular flexibility index (Phi) is 6.69. The van der Waals surface area contributed by atoms with Crippen molar-refractivity contribution in [3.05, 3.63) is 71.3 Å². The van der Waals surface area contributed by atoms with Crippen molar-refractivity contribution in [1.82, 2.24) is 9.80 Å². The number of likely N-dealkylation sites (tertiary alicyclic amines) is 2.